The minimum Gasteiger partial charge on any atom is -0.143 e. The van der Waals surface area contributed by atoms with E-state index in [-0.39, 0.29) is 0 Å². The molecule has 7 aromatic heterocycles. The highest BCUT2D eigenvalue weighted by atomic mass is 32.2. The van der Waals surface area contributed by atoms with E-state index >= 15 is 0 Å². The maximum Gasteiger partial charge on any atom is 0.0923 e. The van der Waals surface area contributed by atoms with Crippen LogP contribution in [0.3, 0.4) is 0 Å². The summed E-state index contributed by atoms with van der Waals surface area (Å²) in [5.41, 5.74) is 0. The van der Waals surface area contributed by atoms with E-state index in [4.69, 9.17) is 0 Å². The SMILES string of the molecule is C[Si](C)(C)c1cc2sc3sc4sc5sc([Si](C)(C)C)c6sc7scc(c7c56)c4c3c2s1. The lowest BCUT2D eigenvalue weighted by molar-refractivity contribution is 1.79. The predicted octanol–water partition coefficient (Wildman–Crippen LogP) is 10.1. The quantitative estimate of drug-likeness (QED) is 0.183. The van der Waals surface area contributed by atoms with Gasteiger partial charge in [-0.25, -0.2) is 0 Å². The molecule has 0 aromatic carbocycles. The van der Waals surface area contributed by atoms with Gasteiger partial charge in [0.15, 0.2) is 0 Å². The Labute approximate surface area is 210 Å². The standard InChI is InChI=1S/C22H20S7Si2/c1-30(2,3)11-7-10-16(25-11)14-13-9-8-23-18-12(9)15-17(26-18)22(31(4,5)6)29-21(15)28-19(13)27-20(14)24-10/h7-8H,1-6H3. The van der Waals surface area contributed by atoms with Gasteiger partial charge in [0.25, 0.3) is 0 Å². The molecule has 7 heterocycles. The number of hydrogen-bond donors (Lipinski definition) is 0. The second-order valence-electron chi connectivity index (χ2n) is 10.3. The lowest BCUT2D eigenvalue weighted by atomic mass is 10.1. The zero-order valence-electron chi connectivity index (χ0n) is 18.0. The third-order valence-electron chi connectivity index (χ3n) is 5.88. The monoisotopic (exact) mass is 564 g/mol. The maximum absolute atomic E-state index is 2.52. The molecular formula is C22H20S7Si2. The van der Waals surface area contributed by atoms with Crippen molar-refractivity contribution in [1.82, 2.24) is 0 Å². The summed E-state index contributed by atoms with van der Waals surface area (Å²) >= 11 is 14.4. The van der Waals surface area contributed by atoms with Gasteiger partial charge in [-0.1, -0.05) is 39.3 Å². The Bertz CT molecular complexity index is 1810. The minimum absolute atomic E-state index is 1.29. The molecule has 0 amide bonds. The molecule has 0 aliphatic rings. The highest BCUT2D eigenvalue weighted by molar-refractivity contribution is 7.57. The van der Waals surface area contributed by atoms with Crippen molar-refractivity contribution in [1.29, 1.82) is 0 Å². The lowest BCUT2D eigenvalue weighted by Crippen LogP contribution is -2.35. The summed E-state index contributed by atoms with van der Waals surface area (Å²) < 4.78 is 14.1. The first-order valence-corrected chi connectivity index (χ1v) is 23.0. The zero-order valence-corrected chi connectivity index (χ0v) is 25.7. The van der Waals surface area contributed by atoms with Gasteiger partial charge in [-0.3, -0.25) is 0 Å². The fraction of sp³-hybridized carbons (Fsp3) is 0.273. The second-order valence-corrected chi connectivity index (χ2v) is 29.1. The van der Waals surface area contributed by atoms with Crippen LogP contribution >= 0.6 is 79.4 Å². The molecule has 0 bridgehead atoms. The fourth-order valence-corrected chi connectivity index (χ4v) is 19.7. The molecule has 158 valence electrons. The number of thiophene rings is 6. The van der Waals surface area contributed by atoms with Crippen molar-refractivity contribution in [3.63, 3.8) is 0 Å². The first-order valence-electron chi connectivity index (χ1n) is 10.3. The highest BCUT2D eigenvalue weighted by Crippen LogP contribution is 2.54. The van der Waals surface area contributed by atoms with E-state index in [1.54, 1.807) is 44.0 Å². The molecule has 7 rings (SSSR count). The van der Waals surface area contributed by atoms with Gasteiger partial charge in [0.1, 0.15) is 0 Å². The second kappa shape index (κ2) is 6.31. The van der Waals surface area contributed by atoms with Gasteiger partial charge in [-0.2, -0.15) is 0 Å². The predicted molar refractivity (Wildman–Crippen MR) is 163 cm³/mol. The van der Waals surface area contributed by atoms with Crippen LogP contribution in [0.5, 0.6) is 0 Å². The third kappa shape index (κ3) is 2.70. The first kappa shape index (κ1) is 20.3. The Morgan fingerprint density at radius 3 is 1.94 bits per heavy atom. The van der Waals surface area contributed by atoms with Gasteiger partial charge in [0.2, 0.25) is 0 Å². The molecule has 0 nitrogen and oxygen atoms in total. The Kier molecular flexibility index (Phi) is 4.13. The summed E-state index contributed by atoms with van der Waals surface area (Å²) in [6.45, 7) is 14.9. The van der Waals surface area contributed by atoms with Crippen molar-refractivity contribution in [2.75, 3.05) is 0 Å². The van der Waals surface area contributed by atoms with Crippen molar-refractivity contribution in [3.05, 3.63) is 11.4 Å². The maximum atomic E-state index is 2.52. The van der Waals surface area contributed by atoms with E-state index in [0.717, 1.165) is 0 Å². The van der Waals surface area contributed by atoms with Gasteiger partial charge >= 0.3 is 0 Å². The molecule has 0 fully saturated rings. The summed E-state index contributed by atoms with van der Waals surface area (Å²) in [5, 5.41) is 10.2. The molecule has 0 unspecified atom stereocenters. The summed E-state index contributed by atoms with van der Waals surface area (Å²) in [6.07, 6.45) is 0. The van der Waals surface area contributed by atoms with Gasteiger partial charge in [-0.15, -0.1) is 79.4 Å². The molecule has 0 atom stereocenters. The number of fused-ring (bicyclic) bond motifs is 6. The Morgan fingerprint density at radius 1 is 0.581 bits per heavy atom. The van der Waals surface area contributed by atoms with Gasteiger partial charge in [0.05, 0.1) is 36.9 Å². The van der Waals surface area contributed by atoms with E-state index in [9.17, 15) is 0 Å². The van der Waals surface area contributed by atoms with E-state index in [0.29, 0.717) is 0 Å². The zero-order chi connectivity index (χ0) is 21.4. The van der Waals surface area contributed by atoms with Crippen LogP contribution in [0.2, 0.25) is 39.3 Å². The van der Waals surface area contributed by atoms with Crippen LogP contribution in [-0.4, -0.2) is 16.1 Å². The summed E-state index contributed by atoms with van der Waals surface area (Å²) in [7, 11) is -2.64. The van der Waals surface area contributed by atoms with Gasteiger partial charge in [-0.05, 0) is 10.6 Å². The largest absolute Gasteiger partial charge is 0.143 e. The van der Waals surface area contributed by atoms with Crippen LogP contribution in [-0.2, 0) is 0 Å². The Hall–Kier alpha value is -0.106. The summed E-state index contributed by atoms with van der Waals surface area (Å²) in [4.78, 5) is 0. The molecule has 0 N–H and O–H groups in total. The minimum atomic E-state index is -1.35. The first-order chi connectivity index (χ1) is 14.6. The normalized spacial score (nSPS) is 14.1. The Balaban J connectivity index is 1.70. The van der Waals surface area contributed by atoms with Crippen LogP contribution in [0.4, 0.5) is 0 Å². The van der Waals surface area contributed by atoms with E-state index in [1.807, 2.05) is 34.0 Å². The molecule has 0 aliphatic carbocycles. The molecule has 0 saturated carbocycles. The van der Waals surface area contributed by atoms with Crippen LogP contribution in [0.15, 0.2) is 11.4 Å². The summed E-state index contributed by atoms with van der Waals surface area (Å²) in [6, 6.07) is 2.52. The van der Waals surface area contributed by atoms with Crippen LogP contribution in [0.25, 0.3) is 57.1 Å². The van der Waals surface area contributed by atoms with Crippen LogP contribution in [0, 0.1) is 0 Å². The van der Waals surface area contributed by atoms with Crippen molar-refractivity contribution in [2.24, 2.45) is 0 Å². The highest BCUT2D eigenvalue weighted by Gasteiger charge is 2.29. The van der Waals surface area contributed by atoms with Crippen LogP contribution in [0.1, 0.15) is 0 Å². The lowest BCUT2D eigenvalue weighted by Gasteiger charge is -2.12. The molecule has 31 heavy (non-hydrogen) atoms. The Morgan fingerprint density at radius 2 is 1.23 bits per heavy atom. The topological polar surface area (TPSA) is 0 Å². The van der Waals surface area contributed by atoms with E-state index in [2.05, 4.69) is 96.1 Å². The molecular weight excluding hydrogens is 545 g/mol. The molecule has 0 spiro atoms. The molecule has 0 aliphatic heterocycles. The fourth-order valence-electron chi connectivity index (χ4n) is 4.37. The molecule has 7 aromatic rings. The van der Waals surface area contributed by atoms with Crippen molar-refractivity contribution >= 4 is 162 Å². The van der Waals surface area contributed by atoms with Gasteiger partial charge in [0, 0.05) is 46.2 Å². The van der Waals surface area contributed by atoms with Crippen LogP contribution < -0.4 is 9.00 Å². The van der Waals surface area contributed by atoms with E-state index < -0.39 is 16.1 Å². The average molecular weight is 565 g/mol. The number of rotatable bonds is 2. The number of hydrogen-bond acceptors (Lipinski definition) is 7. The molecule has 0 radical (unpaired) electrons. The average Bonchev–Trinajstić information content (AvgIpc) is 3.40. The van der Waals surface area contributed by atoms with Crippen molar-refractivity contribution in [3.8, 4) is 0 Å². The molecule has 9 heteroatoms. The smallest absolute Gasteiger partial charge is 0.0923 e. The molecule has 0 saturated heterocycles. The summed E-state index contributed by atoms with van der Waals surface area (Å²) in [5.74, 6) is 0. The van der Waals surface area contributed by atoms with Crippen molar-refractivity contribution in [2.45, 2.75) is 39.3 Å². The van der Waals surface area contributed by atoms with Crippen molar-refractivity contribution < 1.29 is 0 Å². The van der Waals surface area contributed by atoms with E-state index in [1.165, 1.54) is 22.1 Å². The van der Waals surface area contributed by atoms with Gasteiger partial charge < -0.3 is 0 Å². The third-order valence-corrected chi connectivity index (χ3v) is 21.9.